The summed E-state index contributed by atoms with van der Waals surface area (Å²) in [5, 5.41) is 10.3. The first-order chi connectivity index (χ1) is 11.1. The molecule has 1 amide bonds. The number of benzene rings is 2. The van der Waals surface area contributed by atoms with Crippen molar-refractivity contribution >= 4 is 17.5 Å². The number of para-hydroxylation sites is 1. The second-order valence-electron chi connectivity index (χ2n) is 5.60. The number of hydrogen-bond acceptors (Lipinski definition) is 3. The molecule has 0 spiro atoms. The van der Waals surface area contributed by atoms with Crippen molar-refractivity contribution in [1.82, 2.24) is 4.90 Å². The number of ether oxygens (including phenoxy) is 1. The van der Waals surface area contributed by atoms with Gasteiger partial charge in [-0.3, -0.25) is 4.79 Å². The normalized spacial score (nSPS) is 17.3. The van der Waals surface area contributed by atoms with E-state index in [0.29, 0.717) is 42.5 Å². The highest BCUT2D eigenvalue weighted by molar-refractivity contribution is 6.30. The second-order valence-corrected chi connectivity index (χ2v) is 6.04. The van der Waals surface area contributed by atoms with Gasteiger partial charge in [0.15, 0.2) is 0 Å². The van der Waals surface area contributed by atoms with Crippen molar-refractivity contribution in [3.8, 4) is 5.75 Å². The Bertz CT molecular complexity index is 687. The smallest absolute Gasteiger partial charge is 0.257 e. The van der Waals surface area contributed by atoms with Gasteiger partial charge >= 0.3 is 0 Å². The number of β-amino-alcohol motifs (C(OH)–C–C–N with tert-alkyl or cyclic N) is 1. The van der Waals surface area contributed by atoms with Gasteiger partial charge in [-0.15, -0.1) is 0 Å². The minimum absolute atomic E-state index is 0.103. The van der Waals surface area contributed by atoms with Crippen LogP contribution in [0.15, 0.2) is 48.5 Å². The molecule has 0 saturated carbocycles. The summed E-state index contributed by atoms with van der Waals surface area (Å²) in [4.78, 5) is 14.2. The molecule has 2 aromatic carbocycles. The van der Waals surface area contributed by atoms with Crippen LogP contribution in [-0.4, -0.2) is 35.1 Å². The molecule has 1 aliphatic rings. The summed E-state index contributed by atoms with van der Waals surface area (Å²) in [5.74, 6) is 0.446. The van der Waals surface area contributed by atoms with Crippen molar-refractivity contribution in [2.45, 2.75) is 19.1 Å². The number of carbonyl (C=O) groups is 1. The largest absolute Gasteiger partial charge is 0.488 e. The summed E-state index contributed by atoms with van der Waals surface area (Å²) in [5.41, 5.74) is 1.50. The van der Waals surface area contributed by atoms with E-state index in [0.717, 1.165) is 5.56 Å². The van der Waals surface area contributed by atoms with Gasteiger partial charge in [0.1, 0.15) is 12.4 Å². The Kier molecular flexibility index (Phi) is 4.84. The van der Waals surface area contributed by atoms with Gasteiger partial charge in [-0.25, -0.2) is 0 Å². The average molecular weight is 332 g/mol. The monoisotopic (exact) mass is 331 g/mol. The SMILES string of the molecule is O=C(c1ccccc1OCc1ccc(Cl)cc1)N1CC[C@@H](O)C1. The highest BCUT2D eigenvalue weighted by atomic mass is 35.5. The Hall–Kier alpha value is -2.04. The van der Waals surface area contributed by atoms with Gasteiger partial charge < -0.3 is 14.7 Å². The predicted molar refractivity (Wildman–Crippen MR) is 88.8 cm³/mol. The number of aliphatic hydroxyl groups is 1. The molecule has 0 aromatic heterocycles. The fourth-order valence-electron chi connectivity index (χ4n) is 2.61. The first kappa shape index (κ1) is 15.8. The van der Waals surface area contributed by atoms with E-state index in [2.05, 4.69) is 0 Å². The third-order valence-electron chi connectivity index (χ3n) is 3.88. The molecule has 1 atom stereocenters. The summed E-state index contributed by atoms with van der Waals surface area (Å²) in [6.07, 6.45) is 0.195. The molecule has 23 heavy (non-hydrogen) atoms. The van der Waals surface area contributed by atoms with Crippen molar-refractivity contribution in [2.24, 2.45) is 0 Å². The van der Waals surface area contributed by atoms with Crippen LogP contribution in [0.3, 0.4) is 0 Å². The van der Waals surface area contributed by atoms with Gasteiger partial charge in [0, 0.05) is 18.1 Å². The molecule has 1 N–H and O–H groups in total. The molecule has 0 radical (unpaired) electrons. The zero-order valence-electron chi connectivity index (χ0n) is 12.6. The van der Waals surface area contributed by atoms with E-state index in [1.54, 1.807) is 17.0 Å². The summed E-state index contributed by atoms with van der Waals surface area (Å²) < 4.78 is 5.82. The van der Waals surface area contributed by atoms with Crippen molar-refractivity contribution in [1.29, 1.82) is 0 Å². The minimum Gasteiger partial charge on any atom is -0.488 e. The fourth-order valence-corrected chi connectivity index (χ4v) is 2.73. The molecule has 5 heteroatoms. The summed E-state index contributed by atoms with van der Waals surface area (Å²) in [6.45, 7) is 1.32. The van der Waals surface area contributed by atoms with Crippen LogP contribution in [0.5, 0.6) is 5.75 Å². The molecule has 1 saturated heterocycles. The van der Waals surface area contributed by atoms with Gasteiger partial charge in [0.2, 0.25) is 0 Å². The van der Waals surface area contributed by atoms with E-state index >= 15 is 0 Å². The van der Waals surface area contributed by atoms with Gasteiger partial charge in [-0.1, -0.05) is 35.9 Å². The number of hydrogen-bond donors (Lipinski definition) is 1. The van der Waals surface area contributed by atoms with E-state index < -0.39 is 6.10 Å². The summed E-state index contributed by atoms with van der Waals surface area (Å²) >= 11 is 5.87. The van der Waals surface area contributed by atoms with Crippen molar-refractivity contribution < 1.29 is 14.6 Å². The van der Waals surface area contributed by atoms with Crippen LogP contribution in [0, 0.1) is 0 Å². The first-order valence-electron chi connectivity index (χ1n) is 7.57. The minimum atomic E-state index is -0.430. The summed E-state index contributed by atoms with van der Waals surface area (Å²) in [7, 11) is 0. The lowest BCUT2D eigenvalue weighted by Crippen LogP contribution is -2.29. The number of nitrogens with zero attached hydrogens (tertiary/aromatic N) is 1. The van der Waals surface area contributed by atoms with E-state index in [1.807, 2.05) is 36.4 Å². The molecule has 1 aliphatic heterocycles. The van der Waals surface area contributed by atoms with E-state index in [4.69, 9.17) is 16.3 Å². The quantitative estimate of drug-likeness (QED) is 0.936. The van der Waals surface area contributed by atoms with Crippen LogP contribution in [-0.2, 0) is 6.61 Å². The number of aliphatic hydroxyl groups excluding tert-OH is 1. The molecule has 0 unspecified atom stereocenters. The standard InChI is InChI=1S/C18H18ClNO3/c19-14-7-5-13(6-8-14)12-23-17-4-2-1-3-16(17)18(22)20-10-9-15(21)11-20/h1-8,15,21H,9-12H2/t15-/m1/s1. The van der Waals surface area contributed by atoms with E-state index in [-0.39, 0.29) is 5.91 Å². The van der Waals surface area contributed by atoms with Crippen LogP contribution < -0.4 is 4.74 Å². The molecule has 1 fully saturated rings. The number of amides is 1. The van der Waals surface area contributed by atoms with Gasteiger partial charge in [0.05, 0.1) is 11.7 Å². The van der Waals surface area contributed by atoms with Gasteiger partial charge in [-0.05, 0) is 36.2 Å². The van der Waals surface area contributed by atoms with Crippen molar-refractivity contribution in [3.05, 3.63) is 64.7 Å². The number of halogens is 1. The average Bonchev–Trinajstić information content (AvgIpc) is 3.00. The number of likely N-dealkylation sites (tertiary alicyclic amines) is 1. The van der Waals surface area contributed by atoms with E-state index in [1.165, 1.54) is 0 Å². The topological polar surface area (TPSA) is 49.8 Å². The summed E-state index contributed by atoms with van der Waals surface area (Å²) in [6, 6.07) is 14.6. The molecule has 3 rings (SSSR count). The third kappa shape index (κ3) is 3.84. The molecule has 4 nitrogen and oxygen atoms in total. The second kappa shape index (κ2) is 7.02. The van der Waals surface area contributed by atoms with Crippen molar-refractivity contribution in [2.75, 3.05) is 13.1 Å². The zero-order valence-corrected chi connectivity index (χ0v) is 13.4. The first-order valence-corrected chi connectivity index (χ1v) is 7.95. The lowest BCUT2D eigenvalue weighted by molar-refractivity contribution is 0.0760. The zero-order chi connectivity index (χ0) is 16.2. The molecule has 0 aliphatic carbocycles. The van der Waals surface area contributed by atoms with Crippen LogP contribution >= 0.6 is 11.6 Å². The van der Waals surface area contributed by atoms with Crippen LogP contribution in [0.4, 0.5) is 0 Å². The maximum Gasteiger partial charge on any atom is 0.257 e. The predicted octanol–water partition coefficient (Wildman–Crippen LogP) is 3.13. The van der Waals surface area contributed by atoms with Crippen LogP contribution in [0.1, 0.15) is 22.3 Å². The Morgan fingerprint density at radius 3 is 2.65 bits per heavy atom. The van der Waals surface area contributed by atoms with Gasteiger partial charge in [-0.2, -0.15) is 0 Å². The lowest BCUT2D eigenvalue weighted by atomic mass is 10.1. The Morgan fingerprint density at radius 2 is 1.96 bits per heavy atom. The lowest BCUT2D eigenvalue weighted by Gasteiger charge is -2.18. The highest BCUT2D eigenvalue weighted by Gasteiger charge is 2.27. The molecular weight excluding hydrogens is 314 g/mol. The molecule has 0 bridgehead atoms. The fraction of sp³-hybridized carbons (Fsp3) is 0.278. The van der Waals surface area contributed by atoms with Crippen molar-refractivity contribution in [3.63, 3.8) is 0 Å². The molecule has 1 heterocycles. The maximum absolute atomic E-state index is 12.6. The molecule has 2 aromatic rings. The highest BCUT2D eigenvalue weighted by Crippen LogP contribution is 2.23. The molecule has 120 valence electrons. The van der Waals surface area contributed by atoms with Gasteiger partial charge in [0.25, 0.3) is 5.91 Å². The Morgan fingerprint density at radius 1 is 1.22 bits per heavy atom. The third-order valence-corrected chi connectivity index (χ3v) is 4.13. The maximum atomic E-state index is 12.6. The van der Waals surface area contributed by atoms with E-state index in [9.17, 15) is 9.90 Å². The Labute approximate surface area is 140 Å². The van der Waals surface area contributed by atoms with Crippen LogP contribution in [0.25, 0.3) is 0 Å². The Balaban J connectivity index is 1.72. The van der Waals surface area contributed by atoms with Crippen LogP contribution in [0.2, 0.25) is 5.02 Å². The number of carbonyl (C=O) groups excluding carboxylic acids is 1. The molecular formula is C18H18ClNO3. The number of rotatable bonds is 4.